The fourth-order valence-corrected chi connectivity index (χ4v) is 1.32. The first-order valence-corrected chi connectivity index (χ1v) is 4.50. The molecule has 0 radical (unpaired) electrons. The van der Waals surface area contributed by atoms with E-state index >= 15 is 0 Å². The zero-order valence-corrected chi connectivity index (χ0v) is 8.75. The van der Waals surface area contributed by atoms with E-state index in [1.165, 1.54) is 0 Å². The smallest absolute Gasteiger partial charge is 0.148 e. The standard InChI is InChI=1S/C9H5Cl3O/c1-2-5-13-7-4-3-6(10)8(11)9(7)12/h1,3-4H,5H2. The maximum Gasteiger partial charge on any atom is 0.148 e. The van der Waals surface area contributed by atoms with E-state index in [1.807, 2.05) is 0 Å². The fourth-order valence-electron chi connectivity index (χ4n) is 0.739. The molecule has 0 saturated heterocycles. The molecule has 0 aliphatic carbocycles. The Bertz CT molecular complexity index is 355. The molecule has 0 aliphatic heterocycles. The number of rotatable bonds is 2. The van der Waals surface area contributed by atoms with Crippen LogP contribution >= 0.6 is 34.8 Å². The van der Waals surface area contributed by atoms with Crippen LogP contribution in [0.5, 0.6) is 5.75 Å². The first-order valence-electron chi connectivity index (χ1n) is 3.36. The molecule has 4 heteroatoms. The van der Waals surface area contributed by atoms with Gasteiger partial charge in [-0.25, -0.2) is 0 Å². The van der Waals surface area contributed by atoms with Gasteiger partial charge in [0.1, 0.15) is 17.4 Å². The van der Waals surface area contributed by atoms with Gasteiger partial charge in [0.15, 0.2) is 0 Å². The molecule has 1 rings (SSSR count). The van der Waals surface area contributed by atoms with Crippen LogP contribution in [0.15, 0.2) is 12.1 Å². The van der Waals surface area contributed by atoms with Crippen LogP contribution in [0.4, 0.5) is 0 Å². The minimum Gasteiger partial charge on any atom is -0.479 e. The minimum absolute atomic E-state index is 0.150. The Hall–Kier alpha value is -0.550. The second-order valence-electron chi connectivity index (χ2n) is 2.17. The third kappa shape index (κ3) is 2.45. The summed E-state index contributed by atoms with van der Waals surface area (Å²) < 4.78 is 5.11. The van der Waals surface area contributed by atoms with Crippen molar-refractivity contribution in [2.45, 2.75) is 0 Å². The van der Waals surface area contributed by atoms with Crippen LogP contribution in [0.25, 0.3) is 0 Å². The van der Waals surface area contributed by atoms with Crippen LogP contribution in [0, 0.1) is 12.3 Å². The van der Waals surface area contributed by atoms with Crippen molar-refractivity contribution in [1.29, 1.82) is 0 Å². The van der Waals surface area contributed by atoms with Crippen molar-refractivity contribution in [3.05, 3.63) is 27.2 Å². The molecule has 1 nitrogen and oxygen atoms in total. The first kappa shape index (κ1) is 10.5. The molecule has 0 unspecified atom stereocenters. The summed E-state index contributed by atoms with van der Waals surface area (Å²) in [4.78, 5) is 0. The quantitative estimate of drug-likeness (QED) is 0.561. The highest BCUT2D eigenvalue weighted by Crippen LogP contribution is 2.36. The van der Waals surface area contributed by atoms with Crippen molar-refractivity contribution in [2.24, 2.45) is 0 Å². The molecule has 1 aromatic rings. The normalized spacial score (nSPS) is 9.38. The van der Waals surface area contributed by atoms with Crippen molar-refractivity contribution in [1.82, 2.24) is 0 Å². The number of ether oxygens (including phenoxy) is 1. The average Bonchev–Trinajstić information content (AvgIpc) is 2.13. The molecule has 1 aromatic carbocycles. The van der Waals surface area contributed by atoms with E-state index < -0.39 is 0 Å². The van der Waals surface area contributed by atoms with Gasteiger partial charge in [0.05, 0.1) is 10.0 Å². The molecule has 0 heterocycles. The van der Waals surface area contributed by atoms with E-state index in [0.717, 1.165) is 0 Å². The maximum atomic E-state index is 5.82. The molecule has 68 valence electrons. The topological polar surface area (TPSA) is 9.23 Å². The van der Waals surface area contributed by atoms with Crippen molar-refractivity contribution in [2.75, 3.05) is 6.61 Å². The third-order valence-electron chi connectivity index (χ3n) is 1.31. The van der Waals surface area contributed by atoms with E-state index in [9.17, 15) is 0 Å². The summed E-state index contributed by atoms with van der Waals surface area (Å²) in [6, 6.07) is 3.22. The van der Waals surface area contributed by atoms with Crippen LogP contribution in [-0.4, -0.2) is 6.61 Å². The zero-order valence-electron chi connectivity index (χ0n) is 6.48. The van der Waals surface area contributed by atoms with Crippen molar-refractivity contribution < 1.29 is 4.74 Å². The van der Waals surface area contributed by atoms with Crippen molar-refractivity contribution >= 4 is 34.8 Å². The molecular weight excluding hydrogens is 230 g/mol. The number of hydrogen-bond donors (Lipinski definition) is 0. The third-order valence-corrected chi connectivity index (χ3v) is 2.59. The molecule has 0 N–H and O–H groups in total. The maximum absolute atomic E-state index is 5.82. The molecule has 0 atom stereocenters. The Morgan fingerprint density at radius 3 is 2.54 bits per heavy atom. The fraction of sp³-hybridized carbons (Fsp3) is 0.111. The summed E-state index contributed by atoms with van der Waals surface area (Å²) >= 11 is 17.3. The van der Waals surface area contributed by atoms with Crippen LogP contribution in [0.2, 0.25) is 15.1 Å². The lowest BCUT2D eigenvalue weighted by atomic mass is 10.3. The molecule has 0 aromatic heterocycles. The Kier molecular flexibility index (Phi) is 3.74. The van der Waals surface area contributed by atoms with Gasteiger partial charge in [0, 0.05) is 0 Å². The van der Waals surface area contributed by atoms with Gasteiger partial charge < -0.3 is 4.74 Å². The molecular formula is C9H5Cl3O. The van der Waals surface area contributed by atoms with Gasteiger partial charge in [-0.15, -0.1) is 6.42 Å². The second kappa shape index (κ2) is 4.62. The summed E-state index contributed by atoms with van der Waals surface area (Å²) in [7, 11) is 0. The summed E-state index contributed by atoms with van der Waals surface area (Å²) in [5.41, 5.74) is 0. The van der Waals surface area contributed by atoms with Gasteiger partial charge in [-0.1, -0.05) is 40.7 Å². The largest absolute Gasteiger partial charge is 0.479 e. The van der Waals surface area contributed by atoms with E-state index in [-0.39, 0.29) is 16.7 Å². The van der Waals surface area contributed by atoms with Gasteiger partial charge >= 0.3 is 0 Å². The minimum atomic E-state index is 0.150. The van der Waals surface area contributed by atoms with Crippen LogP contribution < -0.4 is 4.74 Å². The SMILES string of the molecule is C#CCOc1ccc(Cl)c(Cl)c1Cl. The predicted octanol–water partition coefficient (Wildman–Crippen LogP) is 3.66. The van der Waals surface area contributed by atoms with Crippen molar-refractivity contribution in [3.63, 3.8) is 0 Å². The lowest BCUT2D eigenvalue weighted by molar-refractivity contribution is 0.370. The molecule has 0 bridgehead atoms. The van der Waals surface area contributed by atoms with Crippen LogP contribution in [0.3, 0.4) is 0 Å². The van der Waals surface area contributed by atoms with Gasteiger partial charge in [0.2, 0.25) is 0 Å². The van der Waals surface area contributed by atoms with Crippen LogP contribution in [-0.2, 0) is 0 Å². The number of benzene rings is 1. The Balaban J connectivity index is 2.98. The zero-order chi connectivity index (χ0) is 9.84. The highest BCUT2D eigenvalue weighted by Gasteiger charge is 2.08. The highest BCUT2D eigenvalue weighted by molar-refractivity contribution is 6.48. The summed E-state index contributed by atoms with van der Waals surface area (Å²) in [6.45, 7) is 0.150. The average molecular weight is 235 g/mol. The van der Waals surface area contributed by atoms with Gasteiger partial charge in [-0.05, 0) is 12.1 Å². The molecule has 0 amide bonds. The van der Waals surface area contributed by atoms with E-state index in [4.69, 9.17) is 46.0 Å². The lowest BCUT2D eigenvalue weighted by Crippen LogP contribution is -1.94. The molecule has 0 aliphatic rings. The van der Waals surface area contributed by atoms with Gasteiger partial charge in [0.25, 0.3) is 0 Å². The highest BCUT2D eigenvalue weighted by atomic mass is 35.5. The number of hydrogen-bond acceptors (Lipinski definition) is 1. The Labute approximate surface area is 91.5 Å². The summed E-state index contributed by atoms with van der Waals surface area (Å²) in [5.74, 6) is 2.76. The summed E-state index contributed by atoms with van der Waals surface area (Å²) in [5, 5.41) is 0.946. The lowest BCUT2D eigenvalue weighted by Gasteiger charge is -2.06. The van der Waals surface area contributed by atoms with E-state index in [2.05, 4.69) is 5.92 Å². The van der Waals surface area contributed by atoms with E-state index in [1.54, 1.807) is 12.1 Å². The summed E-state index contributed by atoms with van der Waals surface area (Å²) in [6.07, 6.45) is 5.02. The Morgan fingerprint density at radius 2 is 1.92 bits per heavy atom. The molecule has 0 saturated carbocycles. The van der Waals surface area contributed by atoms with E-state index in [0.29, 0.717) is 10.8 Å². The van der Waals surface area contributed by atoms with Gasteiger partial charge in [-0.2, -0.15) is 0 Å². The Morgan fingerprint density at radius 1 is 1.23 bits per heavy atom. The van der Waals surface area contributed by atoms with Crippen molar-refractivity contribution in [3.8, 4) is 18.1 Å². The second-order valence-corrected chi connectivity index (χ2v) is 3.33. The monoisotopic (exact) mass is 234 g/mol. The predicted molar refractivity (Wildman–Crippen MR) is 55.8 cm³/mol. The number of terminal acetylenes is 1. The number of halogens is 3. The molecule has 0 spiro atoms. The first-order chi connectivity index (χ1) is 6.16. The molecule has 0 fully saturated rings. The van der Waals surface area contributed by atoms with Gasteiger partial charge in [-0.3, -0.25) is 0 Å². The molecule has 13 heavy (non-hydrogen) atoms. The van der Waals surface area contributed by atoms with Crippen LogP contribution in [0.1, 0.15) is 0 Å².